The van der Waals surface area contributed by atoms with E-state index in [0.29, 0.717) is 5.82 Å². The third-order valence-corrected chi connectivity index (χ3v) is 4.34. The summed E-state index contributed by atoms with van der Waals surface area (Å²) < 4.78 is 40.3. The molecule has 0 unspecified atom stereocenters. The lowest BCUT2D eigenvalue weighted by atomic mass is 10.0. The van der Waals surface area contributed by atoms with Gasteiger partial charge in [-0.05, 0) is 19.1 Å². The fourth-order valence-corrected chi connectivity index (χ4v) is 3.28. The Bertz CT molecular complexity index is 587. The molecule has 7 heteroatoms. The Balaban J connectivity index is 1.96. The normalized spacial score (nSPS) is 22.9. The number of aromatic nitrogens is 2. The molecule has 2 aromatic rings. The van der Waals surface area contributed by atoms with Gasteiger partial charge in [0.05, 0.1) is 12.2 Å². The highest BCUT2D eigenvalue weighted by molar-refractivity contribution is 7.12. The number of nitrogens with one attached hydrogen (secondary N) is 1. The van der Waals surface area contributed by atoms with Gasteiger partial charge in [0.2, 0.25) is 0 Å². The number of nitrogens with zero attached hydrogens (tertiary/aromatic N) is 2. The van der Waals surface area contributed by atoms with Crippen LogP contribution in [0.1, 0.15) is 28.3 Å². The van der Waals surface area contributed by atoms with E-state index in [1.54, 1.807) is 6.07 Å². The summed E-state index contributed by atoms with van der Waals surface area (Å²) in [5.41, 5.74) is 0. The average Bonchev–Trinajstić information content (AvgIpc) is 2.94. The van der Waals surface area contributed by atoms with Crippen LogP contribution in [0.2, 0.25) is 0 Å². The standard InChI is InChI=1S/C12H12F3N3S/c1-7-2-3-9(19-7)8-6-10(12(13,14)15)18-11(17-8)4-5-16-18/h2-5,8,10,17H,6H2,1H3/t8-,10+/m0/s1. The lowest BCUT2D eigenvalue weighted by Crippen LogP contribution is -2.35. The fraction of sp³-hybridized carbons (Fsp3) is 0.417. The molecular formula is C12H12F3N3S. The van der Waals surface area contributed by atoms with Gasteiger partial charge < -0.3 is 5.32 Å². The van der Waals surface area contributed by atoms with Crippen LogP contribution in [0.4, 0.5) is 19.0 Å². The van der Waals surface area contributed by atoms with Gasteiger partial charge in [-0.2, -0.15) is 18.3 Å². The molecule has 0 bridgehead atoms. The largest absolute Gasteiger partial charge is 0.410 e. The Morgan fingerprint density at radius 2 is 2.16 bits per heavy atom. The average molecular weight is 287 g/mol. The molecule has 2 aromatic heterocycles. The topological polar surface area (TPSA) is 29.9 Å². The van der Waals surface area contributed by atoms with Gasteiger partial charge >= 0.3 is 6.18 Å². The molecule has 102 valence electrons. The molecule has 1 N–H and O–H groups in total. The maximum atomic E-state index is 13.1. The van der Waals surface area contributed by atoms with Gasteiger partial charge in [-0.15, -0.1) is 11.3 Å². The number of alkyl halides is 3. The van der Waals surface area contributed by atoms with E-state index in [9.17, 15) is 13.2 Å². The zero-order valence-corrected chi connectivity index (χ0v) is 10.9. The van der Waals surface area contributed by atoms with Gasteiger partial charge in [0.25, 0.3) is 0 Å². The molecule has 3 heterocycles. The quantitative estimate of drug-likeness (QED) is 0.861. The van der Waals surface area contributed by atoms with Crippen molar-refractivity contribution >= 4 is 17.2 Å². The van der Waals surface area contributed by atoms with Gasteiger partial charge in [0.1, 0.15) is 5.82 Å². The Morgan fingerprint density at radius 3 is 2.79 bits per heavy atom. The molecule has 0 radical (unpaired) electrons. The lowest BCUT2D eigenvalue weighted by molar-refractivity contribution is -0.173. The van der Waals surface area contributed by atoms with E-state index in [2.05, 4.69) is 10.4 Å². The SMILES string of the molecule is Cc1ccc([C@@H]2C[C@H](C(F)(F)F)n3nccc3N2)s1. The van der Waals surface area contributed by atoms with Gasteiger partial charge in [0, 0.05) is 22.2 Å². The molecule has 0 aromatic carbocycles. The van der Waals surface area contributed by atoms with E-state index in [-0.39, 0.29) is 12.5 Å². The van der Waals surface area contributed by atoms with Crippen molar-refractivity contribution in [2.45, 2.75) is 31.6 Å². The van der Waals surface area contributed by atoms with Crippen LogP contribution in [0, 0.1) is 6.92 Å². The van der Waals surface area contributed by atoms with Crippen molar-refractivity contribution in [2.75, 3.05) is 5.32 Å². The number of hydrogen-bond acceptors (Lipinski definition) is 3. The summed E-state index contributed by atoms with van der Waals surface area (Å²) >= 11 is 1.52. The second-order valence-electron chi connectivity index (χ2n) is 4.60. The maximum absolute atomic E-state index is 13.1. The molecule has 1 aliphatic rings. The Kier molecular flexibility index (Phi) is 2.81. The molecule has 0 spiro atoms. The summed E-state index contributed by atoms with van der Waals surface area (Å²) in [4.78, 5) is 2.03. The molecule has 0 amide bonds. The van der Waals surface area contributed by atoms with E-state index < -0.39 is 12.2 Å². The summed E-state index contributed by atoms with van der Waals surface area (Å²) in [5.74, 6) is 0.421. The minimum absolute atomic E-state index is 0.0296. The van der Waals surface area contributed by atoms with Crippen molar-refractivity contribution in [1.82, 2.24) is 9.78 Å². The Hall–Kier alpha value is -1.50. The molecule has 2 atom stereocenters. The van der Waals surface area contributed by atoms with E-state index in [1.807, 2.05) is 19.1 Å². The van der Waals surface area contributed by atoms with Crippen molar-refractivity contribution in [3.8, 4) is 0 Å². The Labute approximate surface area is 112 Å². The molecule has 3 rings (SSSR count). The van der Waals surface area contributed by atoms with Crippen LogP contribution in [0.5, 0.6) is 0 Å². The zero-order chi connectivity index (χ0) is 13.6. The van der Waals surface area contributed by atoms with E-state index >= 15 is 0 Å². The van der Waals surface area contributed by atoms with Gasteiger partial charge in [-0.3, -0.25) is 0 Å². The van der Waals surface area contributed by atoms with Crippen molar-refractivity contribution in [2.24, 2.45) is 0 Å². The molecule has 1 aliphatic heterocycles. The highest BCUT2D eigenvalue weighted by atomic mass is 32.1. The van der Waals surface area contributed by atoms with Crippen molar-refractivity contribution < 1.29 is 13.2 Å². The van der Waals surface area contributed by atoms with Crippen LogP contribution in [-0.2, 0) is 0 Å². The van der Waals surface area contributed by atoms with Crippen LogP contribution in [0.25, 0.3) is 0 Å². The smallest absolute Gasteiger partial charge is 0.363 e. The molecular weight excluding hydrogens is 275 g/mol. The molecule has 0 aliphatic carbocycles. The van der Waals surface area contributed by atoms with E-state index in [4.69, 9.17) is 0 Å². The first kappa shape index (κ1) is 12.5. The van der Waals surface area contributed by atoms with Crippen LogP contribution < -0.4 is 5.32 Å². The molecule has 0 fully saturated rings. The fourth-order valence-electron chi connectivity index (χ4n) is 2.34. The zero-order valence-electron chi connectivity index (χ0n) is 10.1. The van der Waals surface area contributed by atoms with Crippen LogP contribution in [-0.4, -0.2) is 16.0 Å². The first-order chi connectivity index (χ1) is 8.95. The number of thiophene rings is 1. The number of anilines is 1. The summed E-state index contributed by atoms with van der Waals surface area (Å²) in [6, 6.07) is 3.51. The van der Waals surface area contributed by atoms with Gasteiger partial charge in [-0.25, -0.2) is 4.68 Å². The monoisotopic (exact) mass is 287 g/mol. The van der Waals surface area contributed by atoms with Crippen molar-refractivity contribution in [1.29, 1.82) is 0 Å². The minimum atomic E-state index is -4.28. The first-order valence-electron chi connectivity index (χ1n) is 5.88. The third-order valence-electron chi connectivity index (χ3n) is 3.23. The van der Waals surface area contributed by atoms with Crippen molar-refractivity contribution in [3.63, 3.8) is 0 Å². The summed E-state index contributed by atoms with van der Waals surface area (Å²) in [6.07, 6.45) is -2.92. The van der Waals surface area contributed by atoms with Crippen LogP contribution in [0.3, 0.4) is 0 Å². The summed E-state index contributed by atoms with van der Waals surface area (Å²) in [6.45, 7) is 1.95. The summed E-state index contributed by atoms with van der Waals surface area (Å²) in [5, 5.41) is 6.90. The van der Waals surface area contributed by atoms with Gasteiger partial charge in [0.15, 0.2) is 6.04 Å². The number of halogens is 3. The van der Waals surface area contributed by atoms with Crippen LogP contribution >= 0.6 is 11.3 Å². The van der Waals surface area contributed by atoms with Crippen LogP contribution in [0.15, 0.2) is 24.4 Å². The molecule has 0 saturated heterocycles. The Morgan fingerprint density at radius 1 is 1.37 bits per heavy atom. The lowest BCUT2D eigenvalue weighted by Gasteiger charge is -2.32. The number of hydrogen-bond donors (Lipinski definition) is 1. The molecule has 3 nitrogen and oxygen atoms in total. The number of aryl methyl sites for hydroxylation is 1. The van der Waals surface area contributed by atoms with Gasteiger partial charge in [-0.1, -0.05) is 0 Å². The minimum Gasteiger partial charge on any atom is -0.363 e. The molecule has 19 heavy (non-hydrogen) atoms. The second-order valence-corrected chi connectivity index (χ2v) is 5.92. The first-order valence-corrected chi connectivity index (χ1v) is 6.70. The highest BCUT2D eigenvalue weighted by Gasteiger charge is 2.46. The van der Waals surface area contributed by atoms with Crippen molar-refractivity contribution in [3.05, 3.63) is 34.2 Å². The highest BCUT2D eigenvalue weighted by Crippen LogP contribution is 2.44. The number of fused-ring (bicyclic) bond motifs is 1. The number of rotatable bonds is 1. The predicted molar refractivity (Wildman–Crippen MR) is 67.4 cm³/mol. The van der Waals surface area contributed by atoms with E-state index in [0.717, 1.165) is 14.4 Å². The second kappa shape index (κ2) is 4.26. The maximum Gasteiger partial charge on any atom is 0.410 e. The predicted octanol–water partition coefficient (Wildman–Crippen LogP) is 3.91. The third kappa shape index (κ3) is 2.22. The molecule has 0 saturated carbocycles. The summed E-state index contributed by atoms with van der Waals surface area (Å²) in [7, 11) is 0. The van der Waals surface area contributed by atoms with E-state index in [1.165, 1.54) is 17.5 Å².